The molecule has 0 unspecified atom stereocenters. The van der Waals surface area contributed by atoms with Crippen LogP contribution in [0.25, 0.3) is 110 Å². The predicted octanol–water partition coefficient (Wildman–Crippen LogP) is 16.2. The largest absolute Gasteiger partial charge is 0.115 e. The van der Waals surface area contributed by atoms with Gasteiger partial charge in [-0.25, -0.2) is 0 Å². The summed E-state index contributed by atoms with van der Waals surface area (Å²) in [7, 11) is 0. The second kappa shape index (κ2) is 16.4. The van der Waals surface area contributed by atoms with E-state index in [9.17, 15) is 0 Å². The fourth-order valence-corrected chi connectivity index (χ4v) is 10.00. The number of rotatable bonds is 6. The molecule has 11 aromatic carbocycles. The molecule has 302 valence electrons. The maximum Gasteiger partial charge on any atom is 0.0477 e. The second-order valence-corrected chi connectivity index (χ2v) is 16.5. The first-order chi connectivity index (χ1) is 32.6. The molecule has 0 nitrogen and oxygen atoms in total. The summed E-state index contributed by atoms with van der Waals surface area (Å²) in [5.41, 5.74) is 15.4. The number of benzene rings is 11. The molecule has 0 N–H and O–H groups in total. The first-order valence-electron chi connectivity index (χ1n) is 21.9. The molecular formula is C66H38. The van der Waals surface area contributed by atoms with Crippen LogP contribution < -0.4 is 0 Å². The van der Waals surface area contributed by atoms with E-state index in [-0.39, 0.29) is 0 Å². The lowest BCUT2D eigenvalue weighted by Crippen LogP contribution is -1.96. The Morgan fingerprint density at radius 1 is 0.242 bits per heavy atom. The molecule has 11 rings (SSSR count). The summed E-state index contributed by atoms with van der Waals surface area (Å²) in [5.74, 6) is 11.3. The van der Waals surface area contributed by atoms with Gasteiger partial charge in [-0.3, -0.25) is 0 Å². The maximum atomic E-state index is 6.18. The van der Waals surface area contributed by atoms with E-state index in [1.165, 1.54) is 65.3 Å². The topological polar surface area (TPSA) is 0 Å². The van der Waals surface area contributed by atoms with Crippen LogP contribution in [0.4, 0.5) is 0 Å². The molecule has 0 aliphatic carbocycles. The molecule has 0 radical (unpaired) electrons. The number of fused-ring (bicyclic) bond motifs is 4. The van der Waals surface area contributed by atoms with Crippen molar-refractivity contribution >= 4 is 43.1 Å². The molecule has 0 aliphatic heterocycles. The Labute approximate surface area is 385 Å². The van der Waals surface area contributed by atoms with Gasteiger partial charge in [-0.1, -0.05) is 200 Å². The van der Waals surface area contributed by atoms with Gasteiger partial charge in [0.2, 0.25) is 0 Å². The molecule has 0 saturated heterocycles. The quantitative estimate of drug-likeness (QED) is 0.116. The van der Waals surface area contributed by atoms with Gasteiger partial charge >= 0.3 is 0 Å². The summed E-state index contributed by atoms with van der Waals surface area (Å²) in [6.07, 6.45) is 24.2. The monoisotopic (exact) mass is 830 g/mol. The Balaban J connectivity index is 1.08. The second-order valence-electron chi connectivity index (χ2n) is 16.5. The first-order valence-corrected chi connectivity index (χ1v) is 21.9. The van der Waals surface area contributed by atoms with E-state index >= 15 is 0 Å². The van der Waals surface area contributed by atoms with Gasteiger partial charge in [0.05, 0.1) is 0 Å². The van der Waals surface area contributed by atoms with Crippen molar-refractivity contribution in [2.24, 2.45) is 0 Å². The van der Waals surface area contributed by atoms with E-state index in [0.29, 0.717) is 22.3 Å². The van der Waals surface area contributed by atoms with Crippen molar-refractivity contribution in [3.63, 3.8) is 0 Å². The molecule has 0 aromatic heterocycles. The highest BCUT2D eigenvalue weighted by atomic mass is 14.2. The van der Waals surface area contributed by atoms with E-state index in [1.54, 1.807) is 0 Å². The summed E-state index contributed by atoms with van der Waals surface area (Å²) in [4.78, 5) is 0. The fraction of sp³-hybridized carbons (Fsp3) is 0. The minimum Gasteiger partial charge on any atom is -0.115 e. The molecule has 66 heavy (non-hydrogen) atoms. The Kier molecular flexibility index (Phi) is 9.85. The third kappa shape index (κ3) is 6.51. The highest BCUT2D eigenvalue weighted by molar-refractivity contribution is 6.24. The predicted molar refractivity (Wildman–Crippen MR) is 281 cm³/mol. The van der Waals surface area contributed by atoms with Crippen LogP contribution in [0, 0.1) is 49.4 Å². The highest BCUT2D eigenvalue weighted by Gasteiger charge is 2.21. The molecule has 0 heteroatoms. The Morgan fingerprint density at radius 3 is 1.33 bits per heavy atom. The zero-order valence-electron chi connectivity index (χ0n) is 35.9. The molecule has 0 atom stereocenters. The van der Waals surface area contributed by atoms with Crippen molar-refractivity contribution in [1.29, 1.82) is 0 Å². The molecule has 11 aromatic rings. The summed E-state index contributed by atoms with van der Waals surface area (Å²) < 4.78 is 0. The zero-order valence-corrected chi connectivity index (χ0v) is 35.9. The smallest absolute Gasteiger partial charge is 0.0477 e. The van der Waals surface area contributed by atoms with Crippen LogP contribution in [0.3, 0.4) is 0 Å². The van der Waals surface area contributed by atoms with Gasteiger partial charge in [0.25, 0.3) is 0 Å². The van der Waals surface area contributed by atoms with Crippen molar-refractivity contribution in [3.8, 4) is 116 Å². The van der Waals surface area contributed by atoms with E-state index in [1.807, 2.05) is 36.4 Å². The maximum absolute atomic E-state index is 6.18. The van der Waals surface area contributed by atoms with Gasteiger partial charge in [-0.15, -0.1) is 25.7 Å². The average molecular weight is 831 g/mol. The summed E-state index contributed by atoms with van der Waals surface area (Å²) in [5, 5.41) is 9.73. The summed E-state index contributed by atoms with van der Waals surface area (Å²) in [6, 6.07) is 73.4. The number of hydrogen-bond donors (Lipinski definition) is 0. The van der Waals surface area contributed by atoms with Crippen molar-refractivity contribution in [2.45, 2.75) is 0 Å². The van der Waals surface area contributed by atoms with Crippen LogP contribution >= 0.6 is 0 Å². The van der Waals surface area contributed by atoms with Crippen LogP contribution in [0.15, 0.2) is 206 Å². The van der Waals surface area contributed by atoms with Gasteiger partial charge < -0.3 is 0 Å². The lowest BCUT2D eigenvalue weighted by molar-refractivity contribution is 1.51. The third-order valence-electron chi connectivity index (χ3n) is 13.0. The van der Waals surface area contributed by atoms with E-state index in [0.717, 1.165) is 44.5 Å². The fourth-order valence-electron chi connectivity index (χ4n) is 10.00. The van der Waals surface area contributed by atoms with Crippen molar-refractivity contribution in [1.82, 2.24) is 0 Å². The number of terminal acetylenes is 4. The van der Waals surface area contributed by atoms with Crippen LogP contribution in [-0.4, -0.2) is 0 Å². The first kappa shape index (κ1) is 39.5. The van der Waals surface area contributed by atoms with Crippen molar-refractivity contribution in [3.05, 3.63) is 229 Å². The van der Waals surface area contributed by atoms with Crippen molar-refractivity contribution in [2.75, 3.05) is 0 Å². The molecule has 0 fully saturated rings. The Hall–Kier alpha value is -9.30. The molecule has 0 aliphatic rings. The molecule has 0 amide bonds. The van der Waals surface area contributed by atoms with Gasteiger partial charge in [-0.2, -0.15) is 0 Å². The molecular weight excluding hydrogens is 793 g/mol. The Morgan fingerprint density at radius 2 is 0.712 bits per heavy atom. The molecule has 0 bridgehead atoms. The van der Waals surface area contributed by atoms with E-state index < -0.39 is 0 Å². The van der Waals surface area contributed by atoms with Crippen LogP contribution in [-0.2, 0) is 0 Å². The molecule has 0 spiro atoms. The number of hydrogen-bond acceptors (Lipinski definition) is 0. The third-order valence-corrected chi connectivity index (χ3v) is 13.0. The van der Waals surface area contributed by atoms with Gasteiger partial charge in [0, 0.05) is 22.3 Å². The minimum absolute atomic E-state index is 0.651. The zero-order chi connectivity index (χ0) is 44.7. The lowest BCUT2D eigenvalue weighted by Gasteiger charge is -2.20. The van der Waals surface area contributed by atoms with E-state index in [4.69, 9.17) is 25.7 Å². The highest BCUT2D eigenvalue weighted by Crippen LogP contribution is 2.47. The lowest BCUT2D eigenvalue weighted by atomic mass is 9.83. The van der Waals surface area contributed by atoms with Gasteiger partial charge in [-0.05, 0) is 140 Å². The van der Waals surface area contributed by atoms with Crippen LogP contribution in [0.1, 0.15) is 22.3 Å². The minimum atomic E-state index is 0.651. The summed E-state index contributed by atoms with van der Waals surface area (Å²) >= 11 is 0. The standard InChI is InChI=1S/C66H38/c1-5-43-22-18-32-54(51(43)7-3)58-37-36-48(42-64(58)55-33-19-23-44(6-2)52(55)8-4)47-24-17-25-49(40-47)53-38-39-63(57-27-12-11-26-56(53)57)66-61-30-15-13-28-59(61)65(60-29-14-16-31-62(60)66)50-35-34-45-20-9-10-21-46(45)41-50/h1-4,9-42H. The van der Waals surface area contributed by atoms with Crippen LogP contribution in [0.2, 0.25) is 0 Å². The van der Waals surface area contributed by atoms with Gasteiger partial charge in [0.15, 0.2) is 0 Å². The molecule has 0 saturated carbocycles. The van der Waals surface area contributed by atoms with Crippen molar-refractivity contribution < 1.29 is 0 Å². The van der Waals surface area contributed by atoms with Gasteiger partial charge in [0.1, 0.15) is 0 Å². The van der Waals surface area contributed by atoms with Crippen LogP contribution in [0.5, 0.6) is 0 Å². The van der Waals surface area contributed by atoms with E-state index in [2.05, 4.69) is 194 Å². The Bertz CT molecular complexity index is 3920. The summed E-state index contributed by atoms with van der Waals surface area (Å²) in [6.45, 7) is 0. The normalized spacial score (nSPS) is 11.0. The average Bonchev–Trinajstić information content (AvgIpc) is 3.39. The SMILES string of the molecule is C#Cc1cccc(-c2ccc(-c3cccc(-c4ccc(-c5c6ccccc6c(-c6ccc7ccccc7c6)c6ccccc56)c5ccccc45)c3)cc2-c2cccc(C#C)c2C#C)c1C#C. The molecule has 0 heterocycles.